The third-order valence-corrected chi connectivity index (χ3v) is 2.35. The van der Waals surface area contributed by atoms with E-state index < -0.39 is 0 Å². The first-order chi connectivity index (χ1) is 6.67. The molecule has 0 aliphatic carbocycles. The molecule has 1 nitrogen and oxygen atoms in total. The summed E-state index contributed by atoms with van der Waals surface area (Å²) in [4.78, 5) is 4.50. The van der Waals surface area contributed by atoms with Crippen molar-refractivity contribution in [1.82, 2.24) is 4.98 Å². The fourth-order valence-corrected chi connectivity index (χ4v) is 1.53. The lowest BCUT2D eigenvalue weighted by Gasteiger charge is -2.07. The molecule has 0 spiro atoms. The van der Waals surface area contributed by atoms with Gasteiger partial charge in [0.25, 0.3) is 0 Å². The van der Waals surface area contributed by atoms with Gasteiger partial charge in [-0.2, -0.15) is 0 Å². The fourth-order valence-electron chi connectivity index (χ4n) is 1.53. The van der Waals surface area contributed by atoms with Crippen molar-refractivity contribution in [2.75, 3.05) is 0 Å². The Morgan fingerprint density at radius 2 is 2.07 bits per heavy atom. The molecule has 1 aromatic heterocycles. The van der Waals surface area contributed by atoms with Crippen molar-refractivity contribution in [2.45, 2.75) is 40.0 Å². The second-order valence-corrected chi connectivity index (χ2v) is 3.70. The summed E-state index contributed by atoms with van der Waals surface area (Å²) in [5, 5.41) is 0. The largest absolute Gasteiger partial charge is 0.258 e. The molecule has 0 amide bonds. The van der Waals surface area contributed by atoms with E-state index in [0.29, 0.717) is 0 Å². The van der Waals surface area contributed by atoms with Crippen molar-refractivity contribution in [3.05, 3.63) is 35.7 Å². The maximum Gasteiger partial charge on any atom is 0.0412 e. The molecule has 1 heterocycles. The summed E-state index contributed by atoms with van der Waals surface area (Å²) in [5.74, 6) is 0. The minimum atomic E-state index is 1.01. The van der Waals surface area contributed by atoms with Crippen LogP contribution < -0.4 is 0 Å². The Morgan fingerprint density at radius 3 is 2.64 bits per heavy atom. The molecule has 1 heteroatoms. The highest BCUT2D eigenvalue weighted by atomic mass is 14.7. The van der Waals surface area contributed by atoms with Gasteiger partial charge in [0.1, 0.15) is 0 Å². The molecule has 0 N–H and O–H groups in total. The van der Waals surface area contributed by atoms with E-state index in [1.165, 1.54) is 16.8 Å². The highest BCUT2D eigenvalue weighted by Crippen LogP contribution is 2.17. The van der Waals surface area contributed by atoms with E-state index in [1.54, 1.807) is 0 Å². The van der Waals surface area contributed by atoms with Gasteiger partial charge < -0.3 is 0 Å². The number of aryl methyl sites for hydroxylation is 2. The summed E-state index contributed by atoms with van der Waals surface area (Å²) in [5.41, 5.74) is 4.74. The Morgan fingerprint density at radius 1 is 1.36 bits per heavy atom. The Kier molecular flexibility index (Phi) is 3.87. The van der Waals surface area contributed by atoms with Crippen molar-refractivity contribution in [3.63, 3.8) is 0 Å². The predicted molar refractivity (Wildman–Crippen MR) is 62.3 cm³/mol. The first kappa shape index (κ1) is 11.0. The van der Waals surface area contributed by atoms with Gasteiger partial charge in [0.15, 0.2) is 0 Å². The van der Waals surface area contributed by atoms with Gasteiger partial charge in [-0.05, 0) is 43.0 Å². The standard InChI is InChI=1S/C13H19N/c1-5-7-13-9-12(10(3)6-2)8-11(4)14-13/h8-9H,3,5-7H2,1-2,4H3. The molecule has 1 rings (SSSR count). The molecule has 0 bridgehead atoms. The summed E-state index contributed by atoms with van der Waals surface area (Å²) in [7, 11) is 0. The Bertz CT molecular complexity index is 326. The smallest absolute Gasteiger partial charge is 0.0412 e. The summed E-state index contributed by atoms with van der Waals surface area (Å²) < 4.78 is 0. The van der Waals surface area contributed by atoms with Gasteiger partial charge in [-0.15, -0.1) is 0 Å². The zero-order valence-electron chi connectivity index (χ0n) is 9.43. The van der Waals surface area contributed by atoms with Gasteiger partial charge in [0, 0.05) is 11.4 Å². The summed E-state index contributed by atoms with van der Waals surface area (Å²) in [6.45, 7) is 10.4. The molecule has 1 aromatic rings. The van der Waals surface area contributed by atoms with Gasteiger partial charge >= 0.3 is 0 Å². The van der Waals surface area contributed by atoms with Gasteiger partial charge in [-0.25, -0.2) is 0 Å². The third kappa shape index (κ3) is 2.69. The number of pyridine rings is 1. The molecule has 0 fully saturated rings. The van der Waals surface area contributed by atoms with Crippen molar-refractivity contribution < 1.29 is 0 Å². The van der Waals surface area contributed by atoms with Gasteiger partial charge in [0.2, 0.25) is 0 Å². The van der Waals surface area contributed by atoms with Crippen LogP contribution in [0.3, 0.4) is 0 Å². The van der Waals surface area contributed by atoms with Gasteiger partial charge in [-0.1, -0.05) is 26.8 Å². The molecular weight excluding hydrogens is 170 g/mol. The van der Waals surface area contributed by atoms with Crippen LogP contribution >= 0.6 is 0 Å². The topological polar surface area (TPSA) is 12.9 Å². The fraction of sp³-hybridized carbons (Fsp3) is 0.462. The first-order valence-corrected chi connectivity index (χ1v) is 5.33. The number of allylic oxidation sites excluding steroid dienone is 1. The highest BCUT2D eigenvalue weighted by molar-refractivity contribution is 5.63. The SMILES string of the molecule is C=C(CC)c1cc(C)nc(CCC)c1. The summed E-state index contributed by atoms with van der Waals surface area (Å²) in [6.07, 6.45) is 3.22. The third-order valence-electron chi connectivity index (χ3n) is 2.35. The van der Waals surface area contributed by atoms with E-state index in [-0.39, 0.29) is 0 Å². The van der Waals surface area contributed by atoms with Crippen LogP contribution in [0.2, 0.25) is 0 Å². The van der Waals surface area contributed by atoms with E-state index >= 15 is 0 Å². The van der Waals surface area contributed by atoms with Gasteiger partial charge in [0.05, 0.1) is 0 Å². The lowest BCUT2D eigenvalue weighted by molar-refractivity contribution is 0.873. The van der Waals surface area contributed by atoms with Crippen LogP contribution in [0.15, 0.2) is 18.7 Å². The van der Waals surface area contributed by atoms with Crippen molar-refractivity contribution in [1.29, 1.82) is 0 Å². The Hall–Kier alpha value is -1.11. The van der Waals surface area contributed by atoms with Crippen LogP contribution in [0.25, 0.3) is 5.57 Å². The molecule has 0 radical (unpaired) electrons. The minimum Gasteiger partial charge on any atom is -0.258 e. The minimum absolute atomic E-state index is 1.01. The number of rotatable bonds is 4. The molecule has 0 atom stereocenters. The van der Waals surface area contributed by atoms with E-state index in [9.17, 15) is 0 Å². The van der Waals surface area contributed by atoms with Crippen LogP contribution in [0.1, 0.15) is 43.6 Å². The molecule has 0 unspecified atom stereocenters. The number of aromatic nitrogens is 1. The molecule has 0 aliphatic heterocycles. The van der Waals surface area contributed by atoms with Crippen LogP contribution in [0.5, 0.6) is 0 Å². The molecule has 0 aromatic carbocycles. The zero-order chi connectivity index (χ0) is 10.6. The van der Waals surface area contributed by atoms with Crippen LogP contribution in [0.4, 0.5) is 0 Å². The van der Waals surface area contributed by atoms with E-state index in [2.05, 4.69) is 37.5 Å². The summed E-state index contributed by atoms with van der Waals surface area (Å²) in [6, 6.07) is 4.29. The Labute approximate surface area is 86.9 Å². The molecule has 0 aliphatic rings. The van der Waals surface area contributed by atoms with Crippen molar-refractivity contribution >= 4 is 5.57 Å². The number of hydrogen-bond acceptors (Lipinski definition) is 1. The van der Waals surface area contributed by atoms with Crippen molar-refractivity contribution in [3.8, 4) is 0 Å². The Balaban J connectivity index is 3.00. The van der Waals surface area contributed by atoms with Crippen LogP contribution in [-0.2, 0) is 6.42 Å². The highest BCUT2D eigenvalue weighted by Gasteiger charge is 2.01. The monoisotopic (exact) mass is 189 g/mol. The van der Waals surface area contributed by atoms with Crippen LogP contribution in [0, 0.1) is 6.92 Å². The maximum absolute atomic E-state index is 4.50. The predicted octanol–water partition coefficient (Wildman–Crippen LogP) is 3.77. The first-order valence-electron chi connectivity index (χ1n) is 5.33. The molecule has 0 saturated carbocycles. The molecule has 0 saturated heterocycles. The lowest BCUT2D eigenvalue weighted by Crippen LogP contribution is -1.94. The number of hydrogen-bond donors (Lipinski definition) is 0. The van der Waals surface area contributed by atoms with Crippen LogP contribution in [-0.4, -0.2) is 4.98 Å². The van der Waals surface area contributed by atoms with E-state index in [4.69, 9.17) is 0 Å². The van der Waals surface area contributed by atoms with E-state index in [1.807, 2.05) is 6.92 Å². The molecule has 14 heavy (non-hydrogen) atoms. The maximum atomic E-state index is 4.50. The second kappa shape index (κ2) is 4.94. The quantitative estimate of drug-likeness (QED) is 0.702. The normalized spacial score (nSPS) is 10.2. The second-order valence-electron chi connectivity index (χ2n) is 3.70. The number of nitrogens with zero attached hydrogens (tertiary/aromatic N) is 1. The average Bonchev–Trinajstić information content (AvgIpc) is 2.16. The molecular formula is C13H19N. The summed E-state index contributed by atoms with van der Waals surface area (Å²) >= 11 is 0. The molecule has 76 valence electrons. The zero-order valence-corrected chi connectivity index (χ0v) is 9.43. The lowest BCUT2D eigenvalue weighted by atomic mass is 10.0. The van der Waals surface area contributed by atoms with Gasteiger partial charge in [-0.3, -0.25) is 4.98 Å². The van der Waals surface area contributed by atoms with E-state index in [0.717, 1.165) is 25.0 Å². The average molecular weight is 189 g/mol. The van der Waals surface area contributed by atoms with Crippen molar-refractivity contribution in [2.24, 2.45) is 0 Å².